The van der Waals surface area contributed by atoms with Crippen molar-refractivity contribution in [1.82, 2.24) is 5.32 Å². The number of carbonyl (C=O) groups is 1. The van der Waals surface area contributed by atoms with Gasteiger partial charge in [0.15, 0.2) is 0 Å². The summed E-state index contributed by atoms with van der Waals surface area (Å²) in [6.07, 6.45) is 3.18. The van der Waals surface area contributed by atoms with Gasteiger partial charge in [-0.05, 0) is 26.8 Å². The summed E-state index contributed by atoms with van der Waals surface area (Å²) in [5.74, 6) is -0.0945. The molecule has 1 amide bonds. The fourth-order valence-corrected chi connectivity index (χ4v) is 0.578. The van der Waals surface area contributed by atoms with Crippen molar-refractivity contribution in [3.05, 3.63) is 12.2 Å². The highest BCUT2D eigenvalue weighted by molar-refractivity contribution is 5.87. The zero-order valence-electron chi connectivity index (χ0n) is 7.35. The number of hydrogen-bond donors (Lipinski definition) is 2. The van der Waals surface area contributed by atoms with Crippen LogP contribution in [0.2, 0.25) is 0 Å². The zero-order chi connectivity index (χ0) is 8.91. The molecule has 0 aromatic carbocycles. The Bertz CT molecular complexity index is 161. The first-order valence-corrected chi connectivity index (χ1v) is 3.67. The van der Waals surface area contributed by atoms with E-state index in [1.54, 1.807) is 13.0 Å². The minimum Gasteiger partial charge on any atom is -0.346 e. The van der Waals surface area contributed by atoms with Crippen molar-refractivity contribution in [3.8, 4) is 0 Å². The second kappa shape index (κ2) is 4.13. The van der Waals surface area contributed by atoms with Crippen molar-refractivity contribution < 1.29 is 4.79 Å². The average molecular weight is 156 g/mol. The molecule has 0 atom stereocenters. The predicted octanol–water partition coefficient (Wildman–Crippen LogP) is 0.416. The summed E-state index contributed by atoms with van der Waals surface area (Å²) < 4.78 is 0. The van der Waals surface area contributed by atoms with Gasteiger partial charge >= 0.3 is 0 Å². The van der Waals surface area contributed by atoms with Crippen LogP contribution < -0.4 is 11.1 Å². The van der Waals surface area contributed by atoms with E-state index in [0.29, 0.717) is 6.54 Å². The number of allylic oxidation sites excluding steroid dienone is 1. The number of nitrogens with one attached hydrogen (secondary N) is 1. The predicted molar refractivity (Wildman–Crippen MR) is 46.1 cm³/mol. The maximum Gasteiger partial charge on any atom is 0.244 e. The molecule has 0 saturated heterocycles. The van der Waals surface area contributed by atoms with Gasteiger partial charge in [-0.3, -0.25) is 4.79 Å². The first-order chi connectivity index (χ1) is 5.02. The van der Waals surface area contributed by atoms with E-state index in [1.165, 1.54) is 6.08 Å². The summed E-state index contributed by atoms with van der Waals surface area (Å²) in [6, 6.07) is 0. The molecule has 3 heteroatoms. The largest absolute Gasteiger partial charge is 0.346 e. The van der Waals surface area contributed by atoms with Crippen LogP contribution in [-0.4, -0.2) is 18.0 Å². The third kappa shape index (κ3) is 4.56. The molecular weight excluding hydrogens is 140 g/mol. The SMILES string of the molecule is CC=CC(=O)NC(C)(C)CN. The number of amides is 1. The fourth-order valence-electron chi connectivity index (χ4n) is 0.578. The monoisotopic (exact) mass is 156 g/mol. The summed E-state index contributed by atoms with van der Waals surface area (Å²) in [7, 11) is 0. The summed E-state index contributed by atoms with van der Waals surface area (Å²) in [6.45, 7) is 6.01. The topological polar surface area (TPSA) is 55.1 Å². The van der Waals surface area contributed by atoms with E-state index >= 15 is 0 Å². The second-order valence-corrected chi connectivity index (χ2v) is 3.08. The van der Waals surface area contributed by atoms with Crippen molar-refractivity contribution in [3.63, 3.8) is 0 Å². The standard InChI is InChI=1S/C8H16N2O/c1-4-5-7(11)10-8(2,3)6-9/h4-5H,6,9H2,1-3H3,(H,10,11). The van der Waals surface area contributed by atoms with Crippen molar-refractivity contribution in [2.45, 2.75) is 26.3 Å². The highest BCUT2D eigenvalue weighted by Gasteiger charge is 2.15. The Balaban J connectivity index is 3.93. The highest BCUT2D eigenvalue weighted by Crippen LogP contribution is 1.97. The molecule has 64 valence electrons. The van der Waals surface area contributed by atoms with Crippen molar-refractivity contribution in [2.75, 3.05) is 6.54 Å². The molecule has 0 unspecified atom stereocenters. The molecule has 3 N–H and O–H groups in total. The van der Waals surface area contributed by atoms with Gasteiger partial charge in [0, 0.05) is 12.1 Å². The van der Waals surface area contributed by atoms with E-state index in [0.717, 1.165) is 0 Å². The molecule has 0 saturated carbocycles. The Labute approximate surface area is 67.7 Å². The van der Waals surface area contributed by atoms with E-state index in [4.69, 9.17) is 5.73 Å². The lowest BCUT2D eigenvalue weighted by Crippen LogP contribution is -2.48. The van der Waals surface area contributed by atoms with Crippen molar-refractivity contribution in [2.24, 2.45) is 5.73 Å². The van der Waals surface area contributed by atoms with Crippen LogP contribution >= 0.6 is 0 Å². The van der Waals surface area contributed by atoms with Gasteiger partial charge in [0.25, 0.3) is 0 Å². The maximum atomic E-state index is 11.0. The maximum absolute atomic E-state index is 11.0. The highest BCUT2D eigenvalue weighted by atomic mass is 16.1. The van der Waals surface area contributed by atoms with Crippen LogP contribution in [-0.2, 0) is 4.79 Å². The summed E-state index contributed by atoms with van der Waals surface area (Å²) in [5.41, 5.74) is 5.10. The van der Waals surface area contributed by atoms with Crippen LogP contribution in [0.25, 0.3) is 0 Å². The quantitative estimate of drug-likeness (QED) is 0.582. The fraction of sp³-hybridized carbons (Fsp3) is 0.625. The summed E-state index contributed by atoms with van der Waals surface area (Å²) in [5, 5.41) is 2.76. The van der Waals surface area contributed by atoms with Gasteiger partial charge in [-0.2, -0.15) is 0 Å². The van der Waals surface area contributed by atoms with Gasteiger partial charge in [0.2, 0.25) is 5.91 Å². The van der Waals surface area contributed by atoms with E-state index in [1.807, 2.05) is 13.8 Å². The average Bonchev–Trinajstić information content (AvgIpc) is 1.87. The van der Waals surface area contributed by atoms with Gasteiger partial charge < -0.3 is 11.1 Å². The van der Waals surface area contributed by atoms with Crippen LogP contribution in [0.1, 0.15) is 20.8 Å². The second-order valence-electron chi connectivity index (χ2n) is 3.08. The normalized spacial score (nSPS) is 12.0. The third-order valence-electron chi connectivity index (χ3n) is 1.29. The van der Waals surface area contributed by atoms with E-state index in [2.05, 4.69) is 5.32 Å². The Hall–Kier alpha value is -0.830. The van der Waals surface area contributed by atoms with Gasteiger partial charge in [-0.15, -0.1) is 0 Å². The molecule has 0 heterocycles. The Morgan fingerprint density at radius 2 is 2.18 bits per heavy atom. The number of carbonyl (C=O) groups excluding carboxylic acids is 1. The number of rotatable bonds is 3. The van der Waals surface area contributed by atoms with E-state index in [-0.39, 0.29) is 11.4 Å². The Morgan fingerprint density at radius 3 is 2.55 bits per heavy atom. The lowest BCUT2D eigenvalue weighted by molar-refractivity contribution is -0.117. The number of nitrogens with two attached hydrogens (primary N) is 1. The van der Waals surface area contributed by atoms with E-state index < -0.39 is 0 Å². The van der Waals surface area contributed by atoms with Gasteiger partial charge in [-0.1, -0.05) is 6.08 Å². The molecule has 0 aromatic heterocycles. The third-order valence-corrected chi connectivity index (χ3v) is 1.29. The molecule has 11 heavy (non-hydrogen) atoms. The van der Waals surface area contributed by atoms with Crippen LogP contribution in [0, 0.1) is 0 Å². The van der Waals surface area contributed by atoms with Gasteiger partial charge in [-0.25, -0.2) is 0 Å². The minimum atomic E-state index is -0.309. The lowest BCUT2D eigenvalue weighted by atomic mass is 10.1. The molecule has 0 aliphatic rings. The van der Waals surface area contributed by atoms with Crippen LogP contribution in [0.15, 0.2) is 12.2 Å². The number of hydrogen-bond acceptors (Lipinski definition) is 2. The molecule has 0 aliphatic carbocycles. The van der Waals surface area contributed by atoms with Crippen molar-refractivity contribution >= 4 is 5.91 Å². The summed E-state index contributed by atoms with van der Waals surface area (Å²) >= 11 is 0. The van der Waals surface area contributed by atoms with E-state index in [9.17, 15) is 4.79 Å². The lowest BCUT2D eigenvalue weighted by Gasteiger charge is -2.22. The Kier molecular flexibility index (Phi) is 3.82. The summed E-state index contributed by atoms with van der Waals surface area (Å²) in [4.78, 5) is 11.0. The first-order valence-electron chi connectivity index (χ1n) is 3.67. The Morgan fingerprint density at radius 1 is 1.64 bits per heavy atom. The molecule has 0 radical (unpaired) electrons. The minimum absolute atomic E-state index is 0.0945. The van der Waals surface area contributed by atoms with Gasteiger partial charge in [0.1, 0.15) is 0 Å². The molecule has 0 spiro atoms. The molecule has 0 aliphatic heterocycles. The van der Waals surface area contributed by atoms with Crippen LogP contribution in [0.5, 0.6) is 0 Å². The smallest absolute Gasteiger partial charge is 0.244 e. The molecular formula is C8H16N2O. The molecule has 0 fully saturated rings. The molecule has 0 aromatic rings. The van der Waals surface area contributed by atoms with Crippen LogP contribution in [0.3, 0.4) is 0 Å². The zero-order valence-corrected chi connectivity index (χ0v) is 7.35. The van der Waals surface area contributed by atoms with Gasteiger partial charge in [0.05, 0.1) is 0 Å². The first kappa shape index (κ1) is 10.2. The molecule has 0 bridgehead atoms. The molecule has 3 nitrogen and oxygen atoms in total. The van der Waals surface area contributed by atoms with Crippen LogP contribution in [0.4, 0.5) is 0 Å². The molecule has 0 rings (SSSR count). The van der Waals surface area contributed by atoms with Crippen molar-refractivity contribution in [1.29, 1.82) is 0 Å².